The number of halogens is 1. The molecular weight excluding hydrogens is 258 g/mol. The van der Waals surface area contributed by atoms with Gasteiger partial charge >= 0.3 is 0 Å². The van der Waals surface area contributed by atoms with Crippen molar-refractivity contribution in [2.75, 3.05) is 5.32 Å². The molecule has 3 nitrogen and oxygen atoms in total. The summed E-state index contributed by atoms with van der Waals surface area (Å²) in [6.45, 7) is 4.92. The highest BCUT2D eigenvalue weighted by molar-refractivity contribution is 6.30. The van der Waals surface area contributed by atoms with Gasteiger partial charge in [0, 0.05) is 12.1 Å². The first-order valence-corrected chi connectivity index (χ1v) is 7.10. The molecule has 1 aromatic heterocycles. The fourth-order valence-electron chi connectivity index (χ4n) is 1.88. The number of hydrogen-bond acceptors (Lipinski definition) is 2. The maximum atomic E-state index is 6.13. The molecule has 102 valence electrons. The number of anilines is 1. The predicted octanol–water partition coefficient (Wildman–Crippen LogP) is 4.33. The third-order valence-electron chi connectivity index (χ3n) is 3.07. The minimum absolute atomic E-state index is 0.575. The average Bonchev–Trinajstić information content (AvgIpc) is 2.76. The Hall–Kier alpha value is -1.48. The Bertz CT molecular complexity index is 517. The van der Waals surface area contributed by atoms with Crippen LogP contribution in [0.15, 0.2) is 24.3 Å². The van der Waals surface area contributed by atoms with Crippen LogP contribution in [-0.2, 0) is 13.0 Å². The van der Waals surface area contributed by atoms with Crippen molar-refractivity contribution in [1.82, 2.24) is 9.97 Å². The van der Waals surface area contributed by atoms with Crippen LogP contribution in [0.2, 0.25) is 5.15 Å². The van der Waals surface area contributed by atoms with Gasteiger partial charge < -0.3 is 10.3 Å². The van der Waals surface area contributed by atoms with E-state index in [2.05, 4.69) is 53.4 Å². The van der Waals surface area contributed by atoms with Gasteiger partial charge in [-0.05, 0) is 25.5 Å². The largest absolute Gasteiger partial charge is 0.379 e. The number of nitrogens with one attached hydrogen (secondary N) is 2. The molecule has 0 bridgehead atoms. The quantitative estimate of drug-likeness (QED) is 0.825. The summed E-state index contributed by atoms with van der Waals surface area (Å²) in [6.07, 6.45) is 3.25. The van der Waals surface area contributed by atoms with Crippen LogP contribution in [0.5, 0.6) is 0 Å². The summed E-state index contributed by atoms with van der Waals surface area (Å²) in [7, 11) is 0. The number of aryl methyl sites for hydroxylation is 2. The molecule has 1 aromatic carbocycles. The van der Waals surface area contributed by atoms with E-state index in [0.717, 1.165) is 36.5 Å². The lowest BCUT2D eigenvalue weighted by molar-refractivity contribution is 0.760. The van der Waals surface area contributed by atoms with Crippen LogP contribution < -0.4 is 5.32 Å². The standard InChI is InChI=1S/C15H20ClN3/c1-3-4-5-14-18-13(15(16)19-14)10-17-12-8-6-11(2)7-9-12/h6-9,17H,3-5,10H2,1-2H3,(H,18,19). The Labute approximate surface area is 119 Å². The van der Waals surface area contributed by atoms with Gasteiger partial charge in [-0.3, -0.25) is 0 Å². The molecule has 0 aliphatic heterocycles. The molecule has 0 aliphatic carbocycles. The topological polar surface area (TPSA) is 40.7 Å². The van der Waals surface area contributed by atoms with Crippen LogP contribution in [0.25, 0.3) is 0 Å². The second kappa shape index (κ2) is 6.62. The minimum Gasteiger partial charge on any atom is -0.379 e. The van der Waals surface area contributed by atoms with Crippen molar-refractivity contribution in [3.63, 3.8) is 0 Å². The summed E-state index contributed by atoms with van der Waals surface area (Å²) >= 11 is 6.13. The molecule has 0 radical (unpaired) electrons. The highest BCUT2D eigenvalue weighted by atomic mass is 35.5. The van der Waals surface area contributed by atoms with Gasteiger partial charge in [0.2, 0.25) is 0 Å². The first-order valence-electron chi connectivity index (χ1n) is 6.73. The molecule has 0 unspecified atom stereocenters. The number of H-pyrrole nitrogens is 1. The molecule has 19 heavy (non-hydrogen) atoms. The zero-order chi connectivity index (χ0) is 13.7. The molecule has 2 rings (SSSR count). The molecule has 0 fully saturated rings. The van der Waals surface area contributed by atoms with E-state index >= 15 is 0 Å². The van der Waals surface area contributed by atoms with Gasteiger partial charge in [0.15, 0.2) is 5.15 Å². The van der Waals surface area contributed by atoms with Crippen LogP contribution in [0.3, 0.4) is 0 Å². The van der Waals surface area contributed by atoms with E-state index in [1.807, 2.05) is 0 Å². The average molecular weight is 278 g/mol. The Morgan fingerprint density at radius 1 is 1.26 bits per heavy atom. The van der Waals surface area contributed by atoms with Gasteiger partial charge in [0.1, 0.15) is 5.82 Å². The van der Waals surface area contributed by atoms with Crippen molar-refractivity contribution in [3.8, 4) is 0 Å². The van der Waals surface area contributed by atoms with Crippen molar-refractivity contribution < 1.29 is 0 Å². The Kier molecular flexibility index (Phi) is 4.86. The summed E-state index contributed by atoms with van der Waals surface area (Å²) < 4.78 is 0. The molecule has 0 amide bonds. The van der Waals surface area contributed by atoms with Gasteiger partial charge in [0.25, 0.3) is 0 Å². The summed E-state index contributed by atoms with van der Waals surface area (Å²) in [5.41, 5.74) is 3.30. The fourth-order valence-corrected chi connectivity index (χ4v) is 2.10. The van der Waals surface area contributed by atoms with E-state index in [9.17, 15) is 0 Å². The van der Waals surface area contributed by atoms with Gasteiger partial charge in [-0.2, -0.15) is 0 Å². The summed E-state index contributed by atoms with van der Waals surface area (Å²) in [5.74, 6) is 0.979. The Balaban J connectivity index is 1.95. The van der Waals surface area contributed by atoms with Crippen LogP contribution >= 0.6 is 11.6 Å². The minimum atomic E-state index is 0.575. The molecule has 0 saturated heterocycles. The number of aromatic amines is 1. The zero-order valence-electron chi connectivity index (χ0n) is 11.5. The summed E-state index contributed by atoms with van der Waals surface area (Å²) in [5, 5.41) is 3.92. The second-order valence-corrected chi connectivity index (χ2v) is 5.13. The highest BCUT2D eigenvalue weighted by Gasteiger charge is 2.07. The number of nitrogens with zero attached hydrogens (tertiary/aromatic N) is 1. The predicted molar refractivity (Wildman–Crippen MR) is 80.7 cm³/mol. The molecule has 2 N–H and O–H groups in total. The SMILES string of the molecule is CCCCc1nc(Cl)c(CNc2ccc(C)cc2)[nH]1. The van der Waals surface area contributed by atoms with Gasteiger partial charge in [0.05, 0.1) is 12.2 Å². The number of hydrogen-bond donors (Lipinski definition) is 2. The van der Waals surface area contributed by atoms with E-state index in [4.69, 9.17) is 11.6 Å². The molecule has 0 aliphatic rings. The lowest BCUT2D eigenvalue weighted by atomic mass is 10.2. The van der Waals surface area contributed by atoms with Crippen molar-refractivity contribution in [1.29, 1.82) is 0 Å². The normalized spacial score (nSPS) is 10.7. The maximum absolute atomic E-state index is 6.13. The van der Waals surface area contributed by atoms with E-state index < -0.39 is 0 Å². The lowest BCUT2D eigenvalue weighted by Gasteiger charge is -2.05. The maximum Gasteiger partial charge on any atom is 0.152 e. The first-order chi connectivity index (χ1) is 9.19. The molecule has 0 spiro atoms. The monoisotopic (exact) mass is 277 g/mol. The number of unbranched alkanes of at least 4 members (excludes halogenated alkanes) is 1. The fraction of sp³-hybridized carbons (Fsp3) is 0.400. The van der Waals surface area contributed by atoms with Crippen molar-refractivity contribution >= 4 is 17.3 Å². The van der Waals surface area contributed by atoms with Gasteiger partial charge in [-0.1, -0.05) is 42.6 Å². The van der Waals surface area contributed by atoms with E-state index in [1.165, 1.54) is 5.56 Å². The van der Waals surface area contributed by atoms with Crippen LogP contribution in [0.1, 0.15) is 36.8 Å². The lowest BCUT2D eigenvalue weighted by Crippen LogP contribution is -2.00. The summed E-state index contributed by atoms with van der Waals surface area (Å²) in [4.78, 5) is 7.64. The molecule has 1 heterocycles. The third kappa shape index (κ3) is 4.00. The van der Waals surface area contributed by atoms with Gasteiger partial charge in [-0.25, -0.2) is 4.98 Å². The summed E-state index contributed by atoms with van der Waals surface area (Å²) in [6, 6.07) is 8.31. The Morgan fingerprint density at radius 3 is 2.68 bits per heavy atom. The first kappa shape index (κ1) is 13.9. The van der Waals surface area contributed by atoms with Crippen LogP contribution in [0.4, 0.5) is 5.69 Å². The smallest absolute Gasteiger partial charge is 0.152 e. The number of aromatic nitrogens is 2. The Morgan fingerprint density at radius 2 is 2.00 bits per heavy atom. The van der Waals surface area contributed by atoms with Crippen LogP contribution in [0, 0.1) is 6.92 Å². The zero-order valence-corrected chi connectivity index (χ0v) is 12.2. The molecule has 4 heteroatoms. The molecule has 0 saturated carbocycles. The van der Waals surface area contributed by atoms with Crippen molar-refractivity contribution in [2.45, 2.75) is 39.7 Å². The molecular formula is C15H20ClN3. The number of imidazole rings is 1. The van der Waals surface area contributed by atoms with Crippen LogP contribution in [-0.4, -0.2) is 9.97 Å². The number of rotatable bonds is 6. The van der Waals surface area contributed by atoms with E-state index in [1.54, 1.807) is 0 Å². The number of benzene rings is 1. The highest BCUT2D eigenvalue weighted by Crippen LogP contribution is 2.16. The van der Waals surface area contributed by atoms with E-state index in [0.29, 0.717) is 11.7 Å². The van der Waals surface area contributed by atoms with E-state index in [-0.39, 0.29) is 0 Å². The van der Waals surface area contributed by atoms with Crippen molar-refractivity contribution in [3.05, 3.63) is 46.5 Å². The van der Waals surface area contributed by atoms with Crippen molar-refractivity contribution in [2.24, 2.45) is 0 Å². The molecule has 2 aromatic rings. The third-order valence-corrected chi connectivity index (χ3v) is 3.38. The van der Waals surface area contributed by atoms with Gasteiger partial charge in [-0.15, -0.1) is 0 Å². The second-order valence-electron chi connectivity index (χ2n) is 4.78. The molecule has 0 atom stereocenters.